The summed E-state index contributed by atoms with van der Waals surface area (Å²) in [5.41, 5.74) is 3.98. The van der Waals surface area contributed by atoms with E-state index < -0.39 is 0 Å². The third-order valence-corrected chi connectivity index (χ3v) is 4.02. The Hall–Kier alpha value is -1.96. The molecule has 0 bridgehead atoms. The Morgan fingerprint density at radius 1 is 1.05 bits per heavy atom. The van der Waals surface area contributed by atoms with Gasteiger partial charge in [0.1, 0.15) is 5.75 Å². The molecule has 2 nitrogen and oxygen atoms in total. The van der Waals surface area contributed by atoms with E-state index in [0.29, 0.717) is 0 Å². The molecule has 1 atom stereocenters. The smallest absolute Gasteiger partial charge is 0.119 e. The molecule has 0 amide bonds. The van der Waals surface area contributed by atoms with Crippen LogP contribution in [0.2, 0.25) is 0 Å². The molecule has 2 aromatic carbocycles. The lowest BCUT2D eigenvalue weighted by molar-refractivity contribution is 0.242. The minimum atomic E-state index is 0.0347. The van der Waals surface area contributed by atoms with Gasteiger partial charge in [0.25, 0.3) is 0 Å². The molecule has 2 aromatic rings. The van der Waals surface area contributed by atoms with E-state index >= 15 is 0 Å². The summed E-state index contributed by atoms with van der Waals surface area (Å²) in [5.74, 6) is 0.937. The average Bonchev–Trinajstić information content (AvgIpc) is 2.78. The minimum Gasteiger partial charge on any atom is -0.491 e. The monoisotopic (exact) mass is 267 g/mol. The van der Waals surface area contributed by atoms with Crippen molar-refractivity contribution in [1.82, 2.24) is 0 Å². The lowest BCUT2D eigenvalue weighted by Gasteiger charge is -2.25. The molecule has 0 spiro atoms. The molecule has 0 aliphatic carbocycles. The highest BCUT2D eigenvalue weighted by Gasteiger charge is 2.35. The van der Waals surface area contributed by atoms with Crippen LogP contribution < -0.4 is 10.1 Å². The van der Waals surface area contributed by atoms with Crippen LogP contribution in [0, 0.1) is 0 Å². The van der Waals surface area contributed by atoms with Crippen molar-refractivity contribution < 1.29 is 4.74 Å². The van der Waals surface area contributed by atoms with Crippen molar-refractivity contribution in [1.29, 1.82) is 0 Å². The van der Waals surface area contributed by atoms with E-state index in [-0.39, 0.29) is 11.5 Å². The molecule has 0 saturated carbocycles. The second-order valence-corrected chi connectivity index (χ2v) is 5.92. The Morgan fingerprint density at radius 2 is 1.75 bits per heavy atom. The van der Waals surface area contributed by atoms with Gasteiger partial charge >= 0.3 is 0 Å². The first kappa shape index (κ1) is 13.0. The zero-order valence-electron chi connectivity index (χ0n) is 12.3. The fourth-order valence-corrected chi connectivity index (χ4v) is 2.92. The van der Waals surface area contributed by atoms with Crippen molar-refractivity contribution in [3.05, 3.63) is 59.7 Å². The maximum Gasteiger partial charge on any atom is 0.119 e. The first-order valence-corrected chi connectivity index (χ1v) is 7.20. The molecule has 0 aromatic heterocycles. The van der Waals surface area contributed by atoms with Crippen LogP contribution in [0.4, 0.5) is 5.69 Å². The fraction of sp³-hybridized carbons (Fsp3) is 0.333. The number of fused-ring (bicyclic) bond motifs is 1. The van der Waals surface area contributed by atoms with Gasteiger partial charge in [0.2, 0.25) is 0 Å². The molecule has 20 heavy (non-hydrogen) atoms. The standard InChI is InChI=1S/C18H21NO/c1-13(2)20-15-10-8-14(9-11-15)18(3)12-19-17-7-5-4-6-16(17)18/h4-11,13,19H,12H2,1-3H3. The SMILES string of the molecule is CC(C)Oc1ccc(C2(C)CNc3ccccc32)cc1. The highest BCUT2D eigenvalue weighted by Crippen LogP contribution is 2.41. The largest absolute Gasteiger partial charge is 0.491 e. The molecule has 104 valence electrons. The molecule has 0 saturated heterocycles. The van der Waals surface area contributed by atoms with Crippen LogP contribution in [0.5, 0.6) is 5.75 Å². The van der Waals surface area contributed by atoms with Crippen LogP contribution >= 0.6 is 0 Å². The Morgan fingerprint density at radius 3 is 2.45 bits per heavy atom. The number of hydrogen-bond donors (Lipinski definition) is 1. The zero-order valence-corrected chi connectivity index (χ0v) is 12.3. The number of benzene rings is 2. The Bertz CT molecular complexity index is 603. The first-order chi connectivity index (χ1) is 9.59. The number of anilines is 1. The molecule has 1 heterocycles. The van der Waals surface area contributed by atoms with Crippen molar-refractivity contribution in [2.45, 2.75) is 32.3 Å². The van der Waals surface area contributed by atoms with Gasteiger partial charge in [0, 0.05) is 17.6 Å². The summed E-state index contributed by atoms with van der Waals surface area (Å²) in [4.78, 5) is 0. The van der Waals surface area contributed by atoms with E-state index in [0.717, 1.165) is 12.3 Å². The van der Waals surface area contributed by atoms with Crippen molar-refractivity contribution in [2.24, 2.45) is 0 Å². The van der Waals surface area contributed by atoms with Gasteiger partial charge < -0.3 is 10.1 Å². The Labute approximate surface area is 120 Å². The molecular weight excluding hydrogens is 246 g/mol. The van der Waals surface area contributed by atoms with Gasteiger partial charge in [0.05, 0.1) is 6.10 Å². The third-order valence-electron chi connectivity index (χ3n) is 4.02. The minimum absolute atomic E-state index is 0.0347. The van der Waals surface area contributed by atoms with Gasteiger partial charge in [-0.05, 0) is 50.1 Å². The predicted molar refractivity (Wildman–Crippen MR) is 83.6 cm³/mol. The van der Waals surface area contributed by atoms with E-state index in [1.807, 2.05) is 13.8 Å². The lowest BCUT2D eigenvalue weighted by atomic mass is 9.78. The van der Waals surface area contributed by atoms with E-state index in [9.17, 15) is 0 Å². The number of ether oxygens (including phenoxy) is 1. The lowest BCUT2D eigenvalue weighted by Crippen LogP contribution is -2.25. The summed E-state index contributed by atoms with van der Waals surface area (Å²) in [6.07, 6.45) is 0.213. The van der Waals surface area contributed by atoms with Crippen LogP contribution in [0.15, 0.2) is 48.5 Å². The summed E-state index contributed by atoms with van der Waals surface area (Å²) in [6, 6.07) is 17.1. The summed E-state index contributed by atoms with van der Waals surface area (Å²) >= 11 is 0. The number of hydrogen-bond acceptors (Lipinski definition) is 2. The van der Waals surface area contributed by atoms with E-state index in [2.05, 4.69) is 60.8 Å². The van der Waals surface area contributed by atoms with E-state index in [1.165, 1.54) is 16.8 Å². The fourth-order valence-electron chi connectivity index (χ4n) is 2.92. The van der Waals surface area contributed by atoms with Crippen LogP contribution in [0.3, 0.4) is 0 Å². The van der Waals surface area contributed by atoms with Gasteiger partial charge in [-0.3, -0.25) is 0 Å². The maximum atomic E-state index is 5.72. The summed E-state index contributed by atoms with van der Waals surface area (Å²) in [6.45, 7) is 7.33. The quantitative estimate of drug-likeness (QED) is 0.899. The first-order valence-electron chi connectivity index (χ1n) is 7.20. The van der Waals surface area contributed by atoms with Gasteiger partial charge in [0.15, 0.2) is 0 Å². The van der Waals surface area contributed by atoms with Crippen LogP contribution in [0.1, 0.15) is 31.9 Å². The molecule has 0 radical (unpaired) electrons. The van der Waals surface area contributed by atoms with Gasteiger partial charge in [-0.25, -0.2) is 0 Å². The van der Waals surface area contributed by atoms with Gasteiger partial charge in [-0.1, -0.05) is 30.3 Å². The van der Waals surface area contributed by atoms with Gasteiger partial charge in [-0.2, -0.15) is 0 Å². The topological polar surface area (TPSA) is 21.3 Å². The highest BCUT2D eigenvalue weighted by atomic mass is 16.5. The zero-order chi connectivity index (χ0) is 14.2. The van der Waals surface area contributed by atoms with Crippen LogP contribution in [0.25, 0.3) is 0 Å². The predicted octanol–water partition coefficient (Wildman–Crippen LogP) is 4.21. The van der Waals surface area contributed by atoms with Crippen molar-refractivity contribution in [3.63, 3.8) is 0 Å². The Balaban J connectivity index is 1.93. The number of rotatable bonds is 3. The summed E-state index contributed by atoms with van der Waals surface area (Å²) in [7, 11) is 0. The molecular formula is C18H21NO. The summed E-state index contributed by atoms with van der Waals surface area (Å²) in [5, 5.41) is 3.50. The van der Waals surface area contributed by atoms with Crippen molar-refractivity contribution in [3.8, 4) is 5.75 Å². The molecule has 1 unspecified atom stereocenters. The highest BCUT2D eigenvalue weighted by molar-refractivity contribution is 5.63. The molecule has 3 rings (SSSR count). The average molecular weight is 267 g/mol. The molecule has 1 aliphatic heterocycles. The number of para-hydroxylation sites is 1. The van der Waals surface area contributed by atoms with Crippen LogP contribution in [-0.4, -0.2) is 12.6 Å². The van der Waals surface area contributed by atoms with Gasteiger partial charge in [-0.15, -0.1) is 0 Å². The molecule has 2 heteroatoms. The van der Waals surface area contributed by atoms with E-state index in [4.69, 9.17) is 4.74 Å². The Kier molecular flexibility index (Phi) is 3.17. The second kappa shape index (κ2) is 4.86. The molecule has 1 N–H and O–H groups in total. The normalized spacial score (nSPS) is 20.6. The van der Waals surface area contributed by atoms with Crippen LogP contribution in [-0.2, 0) is 5.41 Å². The molecule has 1 aliphatic rings. The maximum absolute atomic E-state index is 5.72. The van der Waals surface area contributed by atoms with Crippen molar-refractivity contribution >= 4 is 5.69 Å². The third kappa shape index (κ3) is 2.15. The van der Waals surface area contributed by atoms with Crippen molar-refractivity contribution in [2.75, 3.05) is 11.9 Å². The summed E-state index contributed by atoms with van der Waals surface area (Å²) < 4.78 is 5.72. The second-order valence-electron chi connectivity index (χ2n) is 5.92. The molecule has 0 fully saturated rings. The van der Waals surface area contributed by atoms with E-state index in [1.54, 1.807) is 0 Å². The number of nitrogens with one attached hydrogen (secondary N) is 1.